The number of aliphatic imine (C=N–C) groups is 1. The van der Waals surface area contributed by atoms with Gasteiger partial charge in [-0.05, 0) is 18.9 Å². The minimum Gasteiger partial charge on any atom is -0.354 e. The monoisotopic (exact) mass is 398 g/mol. The van der Waals surface area contributed by atoms with Crippen LogP contribution in [0.25, 0.3) is 5.82 Å². The van der Waals surface area contributed by atoms with E-state index in [0.29, 0.717) is 12.6 Å². The van der Waals surface area contributed by atoms with Crippen LogP contribution in [-0.4, -0.2) is 33.6 Å². The number of imidazole rings is 1. The van der Waals surface area contributed by atoms with Crippen molar-refractivity contribution in [2.75, 3.05) is 7.05 Å². The van der Waals surface area contributed by atoms with E-state index in [1.165, 1.54) is 12.8 Å². The van der Waals surface area contributed by atoms with E-state index >= 15 is 0 Å². The molecule has 1 aliphatic carbocycles. The number of nitrogens with zero attached hydrogens (tertiary/aromatic N) is 4. The van der Waals surface area contributed by atoms with E-state index in [1.54, 1.807) is 25.8 Å². The van der Waals surface area contributed by atoms with Gasteiger partial charge in [-0.15, -0.1) is 24.0 Å². The second-order valence-corrected chi connectivity index (χ2v) is 4.80. The smallest absolute Gasteiger partial charge is 0.191 e. The van der Waals surface area contributed by atoms with E-state index in [2.05, 4.69) is 31.7 Å². The van der Waals surface area contributed by atoms with Crippen molar-refractivity contribution in [3.63, 3.8) is 0 Å². The number of aromatic nitrogens is 3. The molecule has 2 aromatic rings. The van der Waals surface area contributed by atoms with Gasteiger partial charge >= 0.3 is 0 Å². The van der Waals surface area contributed by atoms with Crippen LogP contribution in [0.3, 0.4) is 0 Å². The number of hydrogen-bond donors (Lipinski definition) is 2. The lowest BCUT2D eigenvalue weighted by Gasteiger charge is -2.13. The number of guanidine groups is 1. The standard InChI is InChI=1S/C14H18N6.HI/c1-15-14(19-12-4-5-12)18-9-11-3-2-6-17-13(11)20-8-7-16-10-20;/h2-3,6-8,10,12H,4-5,9H2,1H3,(H2,15,18,19);1H. The van der Waals surface area contributed by atoms with Gasteiger partial charge in [-0.1, -0.05) is 6.07 Å². The molecule has 0 spiro atoms. The van der Waals surface area contributed by atoms with E-state index in [4.69, 9.17) is 0 Å². The third-order valence-electron chi connectivity index (χ3n) is 3.20. The molecule has 2 N–H and O–H groups in total. The summed E-state index contributed by atoms with van der Waals surface area (Å²) in [6, 6.07) is 4.58. The zero-order chi connectivity index (χ0) is 13.8. The molecule has 1 fully saturated rings. The Labute approximate surface area is 141 Å². The molecule has 1 aliphatic rings. The van der Waals surface area contributed by atoms with Crippen LogP contribution in [0.1, 0.15) is 18.4 Å². The topological polar surface area (TPSA) is 67.1 Å². The van der Waals surface area contributed by atoms with Crippen molar-refractivity contribution in [1.29, 1.82) is 0 Å². The van der Waals surface area contributed by atoms with Gasteiger partial charge in [0.2, 0.25) is 0 Å². The first kappa shape index (κ1) is 15.7. The van der Waals surface area contributed by atoms with Crippen molar-refractivity contribution in [3.8, 4) is 5.82 Å². The quantitative estimate of drug-likeness (QED) is 0.468. The van der Waals surface area contributed by atoms with Crippen LogP contribution in [0.2, 0.25) is 0 Å². The maximum absolute atomic E-state index is 4.42. The highest BCUT2D eigenvalue weighted by Gasteiger charge is 2.22. The van der Waals surface area contributed by atoms with Crippen molar-refractivity contribution >= 4 is 29.9 Å². The predicted molar refractivity (Wildman–Crippen MR) is 93.1 cm³/mol. The van der Waals surface area contributed by atoms with Gasteiger partial charge < -0.3 is 10.6 Å². The van der Waals surface area contributed by atoms with Crippen LogP contribution < -0.4 is 10.6 Å². The second kappa shape index (κ2) is 7.39. The largest absolute Gasteiger partial charge is 0.354 e. The normalized spacial score (nSPS) is 14.4. The van der Waals surface area contributed by atoms with Crippen LogP contribution in [0.4, 0.5) is 0 Å². The summed E-state index contributed by atoms with van der Waals surface area (Å²) in [5, 5.41) is 6.69. The Hall–Kier alpha value is -1.64. The highest BCUT2D eigenvalue weighted by Crippen LogP contribution is 2.18. The third kappa shape index (κ3) is 4.16. The molecule has 0 unspecified atom stereocenters. The Morgan fingerprint density at radius 3 is 2.95 bits per heavy atom. The second-order valence-electron chi connectivity index (χ2n) is 4.80. The molecule has 0 amide bonds. The van der Waals surface area contributed by atoms with E-state index in [0.717, 1.165) is 17.3 Å². The Balaban J connectivity index is 0.00000161. The lowest BCUT2D eigenvalue weighted by Crippen LogP contribution is -2.38. The zero-order valence-corrected chi connectivity index (χ0v) is 14.2. The molecule has 2 aromatic heterocycles. The lowest BCUT2D eigenvalue weighted by molar-refractivity contribution is 0.795. The number of hydrogen-bond acceptors (Lipinski definition) is 3. The minimum atomic E-state index is 0. The van der Waals surface area contributed by atoms with Gasteiger partial charge in [0.25, 0.3) is 0 Å². The Morgan fingerprint density at radius 2 is 2.29 bits per heavy atom. The predicted octanol–water partition coefficient (Wildman–Crippen LogP) is 1.71. The van der Waals surface area contributed by atoms with Gasteiger partial charge in [0.05, 0.1) is 0 Å². The first-order valence-corrected chi connectivity index (χ1v) is 6.76. The molecule has 0 saturated heterocycles. The summed E-state index contributed by atoms with van der Waals surface area (Å²) in [4.78, 5) is 12.7. The van der Waals surface area contributed by atoms with Crippen molar-refractivity contribution in [1.82, 2.24) is 25.2 Å². The first-order chi connectivity index (χ1) is 9.86. The van der Waals surface area contributed by atoms with Crippen molar-refractivity contribution in [2.45, 2.75) is 25.4 Å². The number of halogens is 1. The fourth-order valence-electron chi connectivity index (χ4n) is 1.98. The summed E-state index contributed by atoms with van der Waals surface area (Å²) in [5.41, 5.74) is 1.10. The molecular weight excluding hydrogens is 379 g/mol. The molecule has 0 atom stereocenters. The third-order valence-corrected chi connectivity index (χ3v) is 3.20. The molecule has 0 bridgehead atoms. The summed E-state index contributed by atoms with van der Waals surface area (Å²) in [7, 11) is 1.79. The SMILES string of the molecule is CN=C(NCc1cccnc1-n1ccnc1)NC1CC1.I. The van der Waals surface area contributed by atoms with Crippen LogP contribution in [-0.2, 0) is 6.54 Å². The van der Waals surface area contributed by atoms with Crippen molar-refractivity contribution in [2.24, 2.45) is 4.99 Å². The molecule has 21 heavy (non-hydrogen) atoms. The molecule has 0 radical (unpaired) electrons. The van der Waals surface area contributed by atoms with Gasteiger partial charge in [0.15, 0.2) is 5.96 Å². The molecular formula is C14H19IN6. The molecule has 6 nitrogen and oxygen atoms in total. The van der Waals surface area contributed by atoms with Crippen LogP contribution in [0.15, 0.2) is 42.0 Å². The molecule has 3 rings (SSSR count). The number of rotatable bonds is 4. The van der Waals surface area contributed by atoms with Gasteiger partial charge in [-0.25, -0.2) is 9.97 Å². The number of pyridine rings is 1. The molecule has 2 heterocycles. The first-order valence-electron chi connectivity index (χ1n) is 6.76. The summed E-state index contributed by atoms with van der Waals surface area (Å²) in [5.74, 6) is 1.73. The molecule has 0 aliphatic heterocycles. The van der Waals surface area contributed by atoms with Gasteiger partial charge in [-0.2, -0.15) is 0 Å². The Kier molecular flexibility index (Phi) is 5.54. The van der Waals surface area contributed by atoms with Crippen LogP contribution in [0.5, 0.6) is 0 Å². The van der Waals surface area contributed by atoms with E-state index < -0.39 is 0 Å². The fraction of sp³-hybridized carbons (Fsp3) is 0.357. The Morgan fingerprint density at radius 1 is 1.43 bits per heavy atom. The number of nitrogens with one attached hydrogen (secondary N) is 2. The van der Waals surface area contributed by atoms with E-state index in [-0.39, 0.29) is 24.0 Å². The lowest BCUT2D eigenvalue weighted by atomic mass is 10.2. The molecule has 1 saturated carbocycles. The summed E-state index contributed by atoms with van der Waals surface area (Å²) in [6.45, 7) is 0.674. The van der Waals surface area contributed by atoms with Crippen LogP contribution in [0, 0.1) is 0 Å². The molecule has 7 heteroatoms. The average Bonchev–Trinajstić information content (AvgIpc) is 3.14. The van der Waals surface area contributed by atoms with Crippen molar-refractivity contribution < 1.29 is 0 Å². The summed E-state index contributed by atoms with van der Waals surface area (Å²) < 4.78 is 1.91. The van der Waals surface area contributed by atoms with Gasteiger partial charge in [0.1, 0.15) is 12.1 Å². The molecule has 112 valence electrons. The van der Waals surface area contributed by atoms with E-state index in [9.17, 15) is 0 Å². The summed E-state index contributed by atoms with van der Waals surface area (Å²) >= 11 is 0. The Bertz CT molecular complexity index is 591. The summed E-state index contributed by atoms with van der Waals surface area (Å²) in [6.07, 6.45) is 9.64. The maximum atomic E-state index is 4.42. The van der Waals surface area contributed by atoms with Gasteiger partial charge in [-0.3, -0.25) is 9.56 Å². The van der Waals surface area contributed by atoms with Crippen LogP contribution >= 0.6 is 24.0 Å². The molecule has 0 aromatic carbocycles. The minimum absolute atomic E-state index is 0. The highest BCUT2D eigenvalue weighted by atomic mass is 127. The van der Waals surface area contributed by atoms with E-state index in [1.807, 2.05) is 16.8 Å². The maximum Gasteiger partial charge on any atom is 0.191 e. The average molecular weight is 398 g/mol. The van der Waals surface area contributed by atoms with Crippen molar-refractivity contribution in [3.05, 3.63) is 42.6 Å². The highest BCUT2D eigenvalue weighted by molar-refractivity contribution is 14.0. The zero-order valence-electron chi connectivity index (χ0n) is 11.9. The fourth-order valence-corrected chi connectivity index (χ4v) is 1.98. The van der Waals surface area contributed by atoms with Gasteiger partial charge in [0, 0.05) is 43.8 Å².